The Balaban J connectivity index is 2.15. The van der Waals surface area contributed by atoms with Gasteiger partial charge in [-0.15, -0.1) is 5.10 Å². The molecule has 1 aromatic carbocycles. The summed E-state index contributed by atoms with van der Waals surface area (Å²) in [5, 5.41) is 25.8. The number of thioether (sulfide) groups is 1. The van der Waals surface area contributed by atoms with Crippen LogP contribution in [0.15, 0.2) is 22.3 Å². The van der Waals surface area contributed by atoms with Crippen molar-refractivity contribution >= 4 is 35.0 Å². The van der Waals surface area contributed by atoms with E-state index in [4.69, 9.17) is 10.4 Å². The molecule has 118 valence electrons. The third-order valence-corrected chi connectivity index (χ3v) is 3.79. The van der Waals surface area contributed by atoms with Gasteiger partial charge in [0, 0.05) is 0 Å². The Morgan fingerprint density at radius 2 is 2.26 bits per heavy atom. The van der Waals surface area contributed by atoms with E-state index in [1.807, 2.05) is 0 Å². The Kier molecular flexibility index (Phi) is 5.02. The Morgan fingerprint density at radius 3 is 2.91 bits per heavy atom. The molecule has 1 aromatic rings. The first-order valence-electron chi connectivity index (χ1n) is 6.10. The van der Waals surface area contributed by atoms with Gasteiger partial charge in [-0.2, -0.15) is 10.4 Å². The first-order chi connectivity index (χ1) is 10.9. The van der Waals surface area contributed by atoms with E-state index in [2.05, 4.69) is 15.5 Å². The van der Waals surface area contributed by atoms with E-state index < -0.39 is 34.3 Å². The fraction of sp³-hybridized carbons (Fsp3) is 0.154. The number of nitrogens with zero attached hydrogens (tertiary/aromatic N) is 3. The number of hydrogen-bond acceptors (Lipinski definition) is 6. The molecular weight excluding hydrogens is 330 g/mol. The minimum absolute atomic E-state index is 0.0229. The van der Waals surface area contributed by atoms with Gasteiger partial charge in [0.05, 0.1) is 23.8 Å². The summed E-state index contributed by atoms with van der Waals surface area (Å²) < 4.78 is 27.3. The molecule has 23 heavy (non-hydrogen) atoms. The highest BCUT2D eigenvalue weighted by molar-refractivity contribution is 8.15. The van der Waals surface area contributed by atoms with E-state index >= 15 is 0 Å². The lowest BCUT2D eigenvalue weighted by molar-refractivity contribution is -0.138. The van der Waals surface area contributed by atoms with Gasteiger partial charge in [-0.3, -0.25) is 9.59 Å². The normalized spacial score (nSPS) is 19.1. The maximum atomic E-state index is 13.8. The lowest BCUT2D eigenvalue weighted by atomic mass is 10.1. The Hall–Kier alpha value is -2.80. The van der Waals surface area contributed by atoms with Crippen LogP contribution < -0.4 is 5.32 Å². The van der Waals surface area contributed by atoms with Gasteiger partial charge in [0.15, 0.2) is 11.0 Å². The molecule has 1 heterocycles. The smallest absolute Gasteiger partial charge is 0.305 e. The molecule has 0 spiro atoms. The molecule has 1 unspecified atom stereocenters. The molecule has 10 heteroatoms. The monoisotopic (exact) mass is 338 g/mol. The van der Waals surface area contributed by atoms with Gasteiger partial charge in [0.1, 0.15) is 17.1 Å². The van der Waals surface area contributed by atoms with Crippen molar-refractivity contribution in [3.63, 3.8) is 0 Å². The second-order valence-corrected chi connectivity index (χ2v) is 5.47. The minimum Gasteiger partial charge on any atom is -0.481 e. The number of carboxylic acid groups (broad SMARTS) is 1. The predicted molar refractivity (Wildman–Crippen MR) is 77.9 cm³/mol. The summed E-state index contributed by atoms with van der Waals surface area (Å²) in [5.41, 5.74) is -0.879. The van der Waals surface area contributed by atoms with Gasteiger partial charge in [0.25, 0.3) is 0 Å². The summed E-state index contributed by atoms with van der Waals surface area (Å²) >= 11 is 0.853. The van der Waals surface area contributed by atoms with Crippen LogP contribution in [0.5, 0.6) is 0 Å². The summed E-state index contributed by atoms with van der Waals surface area (Å²) in [6, 6.07) is 3.49. The van der Waals surface area contributed by atoms with Crippen LogP contribution in [-0.2, 0) is 9.59 Å². The molecule has 1 amide bonds. The third-order valence-electron chi connectivity index (χ3n) is 2.72. The summed E-state index contributed by atoms with van der Waals surface area (Å²) in [5.74, 6) is -3.66. The van der Waals surface area contributed by atoms with Gasteiger partial charge in [-0.1, -0.05) is 11.8 Å². The van der Waals surface area contributed by atoms with E-state index in [0.717, 1.165) is 30.1 Å². The fourth-order valence-electron chi connectivity index (χ4n) is 1.66. The Bertz CT molecular complexity index is 773. The number of benzene rings is 1. The van der Waals surface area contributed by atoms with Crippen LogP contribution in [0.25, 0.3) is 0 Å². The topological polar surface area (TPSA) is 115 Å². The number of hydrogen-bond donors (Lipinski definition) is 2. The molecular formula is C13H8F2N4O3S. The standard InChI is InChI=1S/C13H8F2N4O3S/c14-8-2-1-6(4-16)11(15)7(8)5-17-19-13-18-12(22)9(23-13)3-10(20)21/h1-2,5,9H,3H2,(H,20,21)(H,18,19,22). The number of nitriles is 1. The quantitative estimate of drug-likeness (QED) is 0.633. The lowest BCUT2D eigenvalue weighted by Gasteiger charge is -1.99. The van der Waals surface area contributed by atoms with E-state index in [9.17, 15) is 18.4 Å². The highest BCUT2D eigenvalue weighted by atomic mass is 32.2. The van der Waals surface area contributed by atoms with Gasteiger partial charge < -0.3 is 10.4 Å². The molecule has 1 atom stereocenters. The first-order valence-corrected chi connectivity index (χ1v) is 6.98. The zero-order chi connectivity index (χ0) is 17.0. The van der Waals surface area contributed by atoms with Crippen LogP contribution in [0.1, 0.15) is 17.5 Å². The molecule has 1 saturated heterocycles. The van der Waals surface area contributed by atoms with Gasteiger partial charge in [-0.05, 0) is 12.1 Å². The van der Waals surface area contributed by atoms with Crippen LogP contribution >= 0.6 is 11.8 Å². The number of carbonyl (C=O) groups is 2. The van der Waals surface area contributed by atoms with Crippen molar-refractivity contribution in [1.82, 2.24) is 5.32 Å². The number of amidine groups is 1. The van der Waals surface area contributed by atoms with Gasteiger partial charge in [-0.25, -0.2) is 8.78 Å². The molecule has 0 aromatic heterocycles. The number of carboxylic acids is 1. The van der Waals surface area contributed by atoms with Crippen molar-refractivity contribution in [2.24, 2.45) is 10.2 Å². The van der Waals surface area contributed by atoms with Gasteiger partial charge in [0.2, 0.25) is 5.91 Å². The summed E-state index contributed by atoms with van der Waals surface area (Å²) in [6.07, 6.45) is 0.391. The van der Waals surface area contributed by atoms with Crippen LogP contribution in [0.2, 0.25) is 0 Å². The molecule has 2 rings (SSSR count). The molecule has 0 aliphatic carbocycles. The first kappa shape index (κ1) is 16.6. The van der Waals surface area contributed by atoms with E-state index in [1.54, 1.807) is 6.07 Å². The van der Waals surface area contributed by atoms with Crippen LogP contribution in [0.3, 0.4) is 0 Å². The van der Waals surface area contributed by atoms with Crippen molar-refractivity contribution < 1.29 is 23.5 Å². The summed E-state index contributed by atoms with van der Waals surface area (Å²) in [7, 11) is 0. The zero-order valence-corrected chi connectivity index (χ0v) is 12.1. The number of nitrogens with one attached hydrogen (secondary N) is 1. The molecule has 1 fully saturated rings. The number of carbonyl (C=O) groups excluding carboxylic acids is 1. The molecule has 2 N–H and O–H groups in total. The summed E-state index contributed by atoms with van der Waals surface area (Å²) in [4.78, 5) is 22.0. The second kappa shape index (κ2) is 6.97. The molecule has 1 aliphatic rings. The largest absolute Gasteiger partial charge is 0.481 e. The fourth-order valence-corrected chi connectivity index (χ4v) is 2.57. The molecule has 0 radical (unpaired) electrons. The van der Waals surface area contributed by atoms with E-state index in [0.29, 0.717) is 0 Å². The van der Waals surface area contributed by atoms with Crippen LogP contribution in [0.4, 0.5) is 8.78 Å². The van der Waals surface area contributed by atoms with E-state index in [-0.39, 0.29) is 17.2 Å². The number of aliphatic carboxylic acids is 1. The highest BCUT2D eigenvalue weighted by Crippen LogP contribution is 2.22. The molecule has 7 nitrogen and oxygen atoms in total. The zero-order valence-electron chi connectivity index (χ0n) is 11.3. The summed E-state index contributed by atoms with van der Waals surface area (Å²) in [6.45, 7) is 0. The van der Waals surface area contributed by atoms with Crippen molar-refractivity contribution in [2.45, 2.75) is 11.7 Å². The second-order valence-electron chi connectivity index (χ2n) is 4.28. The van der Waals surface area contributed by atoms with Crippen molar-refractivity contribution in [1.29, 1.82) is 5.26 Å². The maximum absolute atomic E-state index is 13.8. The maximum Gasteiger partial charge on any atom is 0.305 e. The van der Waals surface area contributed by atoms with E-state index in [1.165, 1.54) is 0 Å². The predicted octanol–water partition coefficient (Wildman–Crippen LogP) is 1.23. The number of amides is 1. The van der Waals surface area contributed by atoms with Crippen molar-refractivity contribution in [2.75, 3.05) is 0 Å². The number of halogens is 2. The minimum atomic E-state index is -1.14. The van der Waals surface area contributed by atoms with Crippen molar-refractivity contribution in [3.8, 4) is 6.07 Å². The Labute approximate surface area is 132 Å². The van der Waals surface area contributed by atoms with Gasteiger partial charge >= 0.3 is 5.97 Å². The Morgan fingerprint density at radius 1 is 1.52 bits per heavy atom. The highest BCUT2D eigenvalue weighted by Gasteiger charge is 2.32. The van der Waals surface area contributed by atoms with Crippen LogP contribution in [-0.4, -0.2) is 33.6 Å². The van der Waals surface area contributed by atoms with Crippen LogP contribution in [0, 0.1) is 23.0 Å². The van der Waals surface area contributed by atoms with Crippen molar-refractivity contribution in [3.05, 3.63) is 34.9 Å². The number of rotatable bonds is 4. The third kappa shape index (κ3) is 3.89. The molecule has 0 bridgehead atoms. The SMILES string of the molecule is N#Cc1ccc(F)c(C=NN=C2NC(=O)C(CC(=O)O)S2)c1F. The lowest BCUT2D eigenvalue weighted by Crippen LogP contribution is -2.26. The average Bonchev–Trinajstić information content (AvgIpc) is 2.82. The average molecular weight is 338 g/mol. The molecule has 1 aliphatic heterocycles. The molecule has 0 saturated carbocycles.